The Morgan fingerprint density at radius 3 is 2.55 bits per heavy atom. The molecule has 0 aromatic heterocycles. The zero-order valence-corrected chi connectivity index (χ0v) is 17.4. The molecule has 0 saturated carbocycles. The van der Waals surface area contributed by atoms with E-state index in [1.54, 1.807) is 6.92 Å². The van der Waals surface area contributed by atoms with Gasteiger partial charge in [-0.25, -0.2) is 0 Å². The summed E-state index contributed by atoms with van der Waals surface area (Å²) in [6.07, 6.45) is 2.04. The van der Waals surface area contributed by atoms with Gasteiger partial charge in [0.1, 0.15) is 0 Å². The van der Waals surface area contributed by atoms with Crippen LogP contribution in [-0.4, -0.2) is 42.9 Å². The summed E-state index contributed by atoms with van der Waals surface area (Å²) in [5.74, 6) is 0.0273. The molecule has 1 atom stereocenters. The second kappa shape index (κ2) is 10.1. The number of nitrogens with zero attached hydrogens (tertiary/aromatic N) is 2. The van der Waals surface area contributed by atoms with E-state index in [0.29, 0.717) is 19.5 Å². The third-order valence-corrected chi connectivity index (χ3v) is 5.63. The van der Waals surface area contributed by atoms with E-state index in [9.17, 15) is 9.59 Å². The number of carbonyl (C=O) groups is 2. The minimum atomic E-state index is -0.172. The molecule has 0 radical (unpaired) electrons. The predicted octanol–water partition coefficient (Wildman–Crippen LogP) is 3.56. The Kier molecular flexibility index (Phi) is 7.28. The predicted molar refractivity (Wildman–Crippen MR) is 117 cm³/mol. The summed E-state index contributed by atoms with van der Waals surface area (Å²) in [6.45, 7) is 6.87. The monoisotopic (exact) mass is 393 g/mol. The zero-order chi connectivity index (χ0) is 20.6. The number of amides is 2. The number of para-hydroxylation sites is 1. The fourth-order valence-corrected chi connectivity index (χ4v) is 4.10. The number of benzene rings is 2. The van der Waals surface area contributed by atoms with Crippen molar-refractivity contribution in [2.45, 2.75) is 39.2 Å². The van der Waals surface area contributed by atoms with Crippen molar-refractivity contribution in [2.24, 2.45) is 0 Å². The number of hydrogen-bond donors (Lipinski definition) is 1. The number of anilines is 1. The van der Waals surface area contributed by atoms with E-state index in [2.05, 4.69) is 35.3 Å². The molecule has 0 spiro atoms. The van der Waals surface area contributed by atoms with Crippen LogP contribution >= 0.6 is 0 Å². The molecule has 1 heterocycles. The van der Waals surface area contributed by atoms with Crippen molar-refractivity contribution >= 4 is 17.5 Å². The van der Waals surface area contributed by atoms with Gasteiger partial charge in [-0.05, 0) is 43.0 Å². The standard InChI is InChI=1S/C24H31N3O2/c1-3-26(21-11-5-4-6-12-21)16-9-15-25-24(29)18-23-22-13-8-7-10-20(22)14-17-27(23)19(2)28/h4-8,10-13,23H,3,9,14-18H2,1-2H3,(H,25,29). The molecule has 2 amide bonds. The third kappa shape index (κ3) is 5.37. The number of fused-ring (bicyclic) bond motifs is 1. The van der Waals surface area contributed by atoms with Crippen molar-refractivity contribution in [3.8, 4) is 0 Å². The van der Waals surface area contributed by atoms with Gasteiger partial charge in [0.15, 0.2) is 0 Å². The Bertz CT molecular complexity index is 822. The highest BCUT2D eigenvalue weighted by atomic mass is 16.2. The molecule has 1 unspecified atom stereocenters. The van der Waals surface area contributed by atoms with Gasteiger partial charge in [0.05, 0.1) is 12.5 Å². The SMILES string of the molecule is CCN(CCCNC(=O)CC1c2ccccc2CCN1C(C)=O)c1ccccc1. The number of carbonyl (C=O) groups excluding carboxylic acids is 2. The lowest BCUT2D eigenvalue weighted by Gasteiger charge is -2.36. The second-order valence-electron chi connectivity index (χ2n) is 7.50. The highest BCUT2D eigenvalue weighted by Gasteiger charge is 2.30. The Balaban J connectivity index is 1.52. The van der Waals surface area contributed by atoms with Crippen LogP contribution in [-0.2, 0) is 16.0 Å². The lowest BCUT2D eigenvalue weighted by molar-refractivity contribution is -0.133. The first-order valence-electron chi connectivity index (χ1n) is 10.5. The molecule has 1 N–H and O–H groups in total. The number of nitrogens with one attached hydrogen (secondary N) is 1. The van der Waals surface area contributed by atoms with Crippen molar-refractivity contribution in [1.82, 2.24) is 10.2 Å². The van der Waals surface area contributed by atoms with E-state index < -0.39 is 0 Å². The zero-order valence-electron chi connectivity index (χ0n) is 17.4. The number of hydrogen-bond acceptors (Lipinski definition) is 3. The molecule has 5 nitrogen and oxygen atoms in total. The highest BCUT2D eigenvalue weighted by molar-refractivity contribution is 5.79. The average Bonchev–Trinajstić information content (AvgIpc) is 2.74. The van der Waals surface area contributed by atoms with E-state index in [4.69, 9.17) is 0 Å². The van der Waals surface area contributed by atoms with Crippen molar-refractivity contribution in [3.05, 3.63) is 65.7 Å². The van der Waals surface area contributed by atoms with E-state index in [-0.39, 0.29) is 17.9 Å². The van der Waals surface area contributed by atoms with Crippen LogP contribution in [0.1, 0.15) is 43.9 Å². The van der Waals surface area contributed by atoms with Gasteiger partial charge < -0.3 is 15.1 Å². The minimum absolute atomic E-state index is 0.000660. The highest BCUT2D eigenvalue weighted by Crippen LogP contribution is 2.32. The van der Waals surface area contributed by atoms with Gasteiger partial charge in [-0.2, -0.15) is 0 Å². The van der Waals surface area contributed by atoms with Gasteiger partial charge in [-0.15, -0.1) is 0 Å². The largest absolute Gasteiger partial charge is 0.372 e. The Labute approximate surface area is 173 Å². The van der Waals surface area contributed by atoms with Crippen LogP contribution in [0.15, 0.2) is 54.6 Å². The molecule has 154 valence electrons. The van der Waals surface area contributed by atoms with Crippen molar-refractivity contribution in [1.29, 1.82) is 0 Å². The van der Waals surface area contributed by atoms with Crippen LogP contribution in [0, 0.1) is 0 Å². The van der Waals surface area contributed by atoms with E-state index >= 15 is 0 Å². The topological polar surface area (TPSA) is 52.7 Å². The molecule has 2 aromatic rings. The molecular weight excluding hydrogens is 362 g/mol. The summed E-state index contributed by atoms with van der Waals surface area (Å²) in [5, 5.41) is 3.05. The smallest absolute Gasteiger partial charge is 0.222 e. The van der Waals surface area contributed by atoms with Crippen molar-refractivity contribution < 1.29 is 9.59 Å². The van der Waals surface area contributed by atoms with E-state index in [1.807, 2.05) is 41.3 Å². The van der Waals surface area contributed by atoms with E-state index in [0.717, 1.165) is 31.5 Å². The maximum absolute atomic E-state index is 12.6. The normalized spacial score (nSPS) is 15.5. The summed E-state index contributed by atoms with van der Waals surface area (Å²) >= 11 is 0. The molecule has 3 rings (SSSR count). The molecule has 0 bridgehead atoms. The van der Waals surface area contributed by atoms with Crippen LogP contribution < -0.4 is 10.2 Å². The summed E-state index contributed by atoms with van der Waals surface area (Å²) in [4.78, 5) is 28.8. The fourth-order valence-electron chi connectivity index (χ4n) is 4.10. The Morgan fingerprint density at radius 1 is 1.10 bits per heavy atom. The lowest BCUT2D eigenvalue weighted by Crippen LogP contribution is -2.41. The Morgan fingerprint density at radius 2 is 1.83 bits per heavy atom. The van der Waals surface area contributed by atoms with Gasteiger partial charge in [0.2, 0.25) is 11.8 Å². The maximum Gasteiger partial charge on any atom is 0.222 e. The van der Waals surface area contributed by atoms with Gasteiger partial charge in [-0.3, -0.25) is 9.59 Å². The summed E-state index contributed by atoms with van der Waals surface area (Å²) in [7, 11) is 0. The maximum atomic E-state index is 12.6. The molecule has 2 aromatic carbocycles. The van der Waals surface area contributed by atoms with Crippen LogP contribution in [0.5, 0.6) is 0 Å². The van der Waals surface area contributed by atoms with Crippen LogP contribution in [0.25, 0.3) is 0 Å². The second-order valence-corrected chi connectivity index (χ2v) is 7.50. The van der Waals surface area contributed by atoms with Gasteiger partial charge in [-0.1, -0.05) is 42.5 Å². The quantitative estimate of drug-likeness (QED) is 0.698. The van der Waals surface area contributed by atoms with Crippen LogP contribution in [0.4, 0.5) is 5.69 Å². The lowest BCUT2D eigenvalue weighted by atomic mass is 9.90. The number of rotatable bonds is 8. The molecule has 5 heteroatoms. The van der Waals surface area contributed by atoms with Crippen molar-refractivity contribution in [3.63, 3.8) is 0 Å². The summed E-state index contributed by atoms with van der Waals surface area (Å²) in [6, 6.07) is 18.3. The molecule has 0 saturated heterocycles. The third-order valence-electron chi connectivity index (χ3n) is 5.63. The Hall–Kier alpha value is -2.82. The molecular formula is C24H31N3O2. The first-order chi connectivity index (χ1) is 14.1. The molecule has 0 fully saturated rings. The first-order valence-corrected chi connectivity index (χ1v) is 10.5. The molecule has 29 heavy (non-hydrogen) atoms. The van der Waals surface area contributed by atoms with Crippen LogP contribution in [0.2, 0.25) is 0 Å². The van der Waals surface area contributed by atoms with Crippen LogP contribution in [0.3, 0.4) is 0 Å². The molecule has 1 aliphatic heterocycles. The molecule has 1 aliphatic rings. The minimum Gasteiger partial charge on any atom is -0.372 e. The summed E-state index contributed by atoms with van der Waals surface area (Å²) < 4.78 is 0. The first kappa shape index (κ1) is 20.9. The van der Waals surface area contributed by atoms with Gasteiger partial charge in [0.25, 0.3) is 0 Å². The van der Waals surface area contributed by atoms with Crippen molar-refractivity contribution in [2.75, 3.05) is 31.1 Å². The van der Waals surface area contributed by atoms with E-state index in [1.165, 1.54) is 11.3 Å². The van der Waals surface area contributed by atoms with Gasteiger partial charge >= 0.3 is 0 Å². The average molecular weight is 394 g/mol. The fraction of sp³-hybridized carbons (Fsp3) is 0.417. The molecule has 0 aliphatic carbocycles. The summed E-state index contributed by atoms with van der Waals surface area (Å²) in [5.41, 5.74) is 3.55. The van der Waals surface area contributed by atoms with Gasteiger partial charge in [0, 0.05) is 38.8 Å².